The van der Waals surface area contributed by atoms with Crippen molar-refractivity contribution in [1.82, 2.24) is 0 Å². The zero-order valence-corrected chi connectivity index (χ0v) is 40.4. The van der Waals surface area contributed by atoms with E-state index in [0.29, 0.717) is 19.3 Å². The van der Waals surface area contributed by atoms with Crippen LogP contribution in [-0.4, -0.2) is 37.2 Å². The van der Waals surface area contributed by atoms with Crippen LogP contribution in [-0.2, 0) is 28.6 Å². The lowest BCUT2D eigenvalue weighted by Crippen LogP contribution is -2.30. The Balaban J connectivity index is 4.36. The summed E-state index contributed by atoms with van der Waals surface area (Å²) in [4.78, 5) is 37.9. The number of esters is 3. The molecular weight excluding hydrogens is 757 g/mol. The topological polar surface area (TPSA) is 78.9 Å². The predicted molar refractivity (Wildman–Crippen MR) is 261 cm³/mol. The molecule has 6 heteroatoms. The van der Waals surface area contributed by atoms with Gasteiger partial charge >= 0.3 is 17.9 Å². The van der Waals surface area contributed by atoms with E-state index in [4.69, 9.17) is 14.2 Å². The van der Waals surface area contributed by atoms with Crippen LogP contribution in [0.4, 0.5) is 0 Å². The Morgan fingerprint density at radius 2 is 0.590 bits per heavy atom. The van der Waals surface area contributed by atoms with E-state index < -0.39 is 6.10 Å². The van der Waals surface area contributed by atoms with Crippen LogP contribution < -0.4 is 0 Å². The lowest BCUT2D eigenvalue weighted by atomic mass is 10.1. The molecule has 0 rings (SSSR count). The Morgan fingerprint density at radius 3 is 0.951 bits per heavy atom. The van der Waals surface area contributed by atoms with Gasteiger partial charge in [-0.15, -0.1) is 0 Å². The van der Waals surface area contributed by atoms with Crippen molar-refractivity contribution in [1.29, 1.82) is 0 Å². The van der Waals surface area contributed by atoms with E-state index in [0.717, 1.165) is 96.3 Å². The second-order valence-electron chi connectivity index (χ2n) is 17.4. The van der Waals surface area contributed by atoms with E-state index in [-0.39, 0.29) is 31.1 Å². The Labute approximate surface area is 378 Å². The van der Waals surface area contributed by atoms with E-state index in [1.165, 1.54) is 128 Å². The minimum atomic E-state index is -0.780. The molecule has 0 aromatic carbocycles. The third-order valence-electron chi connectivity index (χ3n) is 11.3. The molecule has 0 aliphatic rings. The number of unbranched alkanes of at least 4 members (excludes halogenated alkanes) is 28. The lowest BCUT2D eigenvalue weighted by molar-refractivity contribution is -0.167. The van der Waals surface area contributed by atoms with Gasteiger partial charge in [0.25, 0.3) is 0 Å². The fourth-order valence-electron chi connectivity index (χ4n) is 7.33. The van der Waals surface area contributed by atoms with Crippen LogP contribution in [0.3, 0.4) is 0 Å². The molecule has 0 radical (unpaired) electrons. The lowest BCUT2D eigenvalue weighted by Gasteiger charge is -2.18. The fourth-order valence-corrected chi connectivity index (χ4v) is 7.33. The Morgan fingerprint density at radius 1 is 0.328 bits per heavy atom. The summed E-state index contributed by atoms with van der Waals surface area (Å²) in [6, 6.07) is 0. The molecule has 0 heterocycles. The van der Waals surface area contributed by atoms with Crippen LogP contribution in [0.5, 0.6) is 0 Å². The fraction of sp³-hybridized carbons (Fsp3) is 0.800. The van der Waals surface area contributed by atoms with Gasteiger partial charge in [-0.05, 0) is 83.5 Å². The molecule has 6 nitrogen and oxygen atoms in total. The maximum Gasteiger partial charge on any atom is 0.306 e. The van der Waals surface area contributed by atoms with Gasteiger partial charge in [0.05, 0.1) is 0 Å². The highest BCUT2D eigenvalue weighted by Crippen LogP contribution is 2.14. The summed E-state index contributed by atoms with van der Waals surface area (Å²) >= 11 is 0. The van der Waals surface area contributed by atoms with E-state index in [1.54, 1.807) is 0 Å². The van der Waals surface area contributed by atoms with Gasteiger partial charge in [-0.3, -0.25) is 14.4 Å². The molecule has 0 aliphatic heterocycles. The molecule has 0 saturated heterocycles. The molecule has 0 N–H and O–H groups in total. The number of carbonyl (C=O) groups is 3. The molecule has 0 fully saturated rings. The molecule has 0 spiro atoms. The minimum Gasteiger partial charge on any atom is -0.462 e. The van der Waals surface area contributed by atoms with Crippen LogP contribution in [0.25, 0.3) is 0 Å². The monoisotopic (exact) mass is 855 g/mol. The highest BCUT2D eigenvalue weighted by Gasteiger charge is 2.19. The Kier molecular flexibility index (Phi) is 47.9. The number of rotatable bonds is 47. The summed E-state index contributed by atoms with van der Waals surface area (Å²) in [5.74, 6) is -0.896. The highest BCUT2D eigenvalue weighted by molar-refractivity contribution is 5.71. The third kappa shape index (κ3) is 48.3. The van der Waals surface area contributed by atoms with Gasteiger partial charge < -0.3 is 14.2 Å². The van der Waals surface area contributed by atoms with Crippen LogP contribution >= 0.6 is 0 Å². The van der Waals surface area contributed by atoms with Gasteiger partial charge in [0.1, 0.15) is 13.2 Å². The van der Waals surface area contributed by atoms with Crippen LogP contribution in [0.2, 0.25) is 0 Å². The van der Waals surface area contributed by atoms with Crippen molar-refractivity contribution >= 4 is 17.9 Å². The zero-order valence-electron chi connectivity index (χ0n) is 40.4. The quantitative estimate of drug-likeness (QED) is 0.0263. The van der Waals surface area contributed by atoms with Gasteiger partial charge in [-0.25, -0.2) is 0 Å². The number of ether oxygens (including phenoxy) is 3. The first-order valence-electron chi connectivity index (χ1n) is 26.1. The van der Waals surface area contributed by atoms with Crippen molar-refractivity contribution in [2.45, 2.75) is 271 Å². The molecule has 0 saturated carbocycles. The summed E-state index contributed by atoms with van der Waals surface area (Å²) in [5, 5.41) is 0. The van der Waals surface area contributed by atoms with Gasteiger partial charge in [-0.2, -0.15) is 0 Å². The third-order valence-corrected chi connectivity index (χ3v) is 11.3. The molecular formula is C55H98O6. The second kappa shape index (κ2) is 50.0. The predicted octanol–water partition coefficient (Wildman–Crippen LogP) is 17.1. The molecule has 1 unspecified atom stereocenters. The molecule has 1 atom stereocenters. The van der Waals surface area contributed by atoms with Crippen LogP contribution in [0, 0.1) is 0 Å². The molecule has 61 heavy (non-hydrogen) atoms. The van der Waals surface area contributed by atoms with Crippen LogP contribution in [0.1, 0.15) is 265 Å². The van der Waals surface area contributed by atoms with Crippen molar-refractivity contribution in [3.63, 3.8) is 0 Å². The van der Waals surface area contributed by atoms with Gasteiger partial charge in [0.15, 0.2) is 6.10 Å². The number of hydrogen-bond acceptors (Lipinski definition) is 6. The largest absolute Gasteiger partial charge is 0.462 e. The van der Waals surface area contributed by atoms with E-state index in [1.807, 2.05) is 0 Å². The molecule has 0 bridgehead atoms. The average Bonchev–Trinajstić information content (AvgIpc) is 3.26. The van der Waals surface area contributed by atoms with Crippen molar-refractivity contribution in [2.24, 2.45) is 0 Å². The molecule has 0 amide bonds. The molecule has 0 aliphatic carbocycles. The van der Waals surface area contributed by atoms with Crippen LogP contribution in [0.15, 0.2) is 48.6 Å². The molecule has 0 aromatic rings. The van der Waals surface area contributed by atoms with Crippen molar-refractivity contribution < 1.29 is 28.6 Å². The van der Waals surface area contributed by atoms with E-state index in [9.17, 15) is 14.4 Å². The average molecular weight is 855 g/mol. The SMILES string of the molecule is CCCCC/C=C\C/C=C\CCCCCCCC(=O)OC(COC(=O)CCCCCCCCC/C=C\C/C=C\CCCCCC)COC(=O)CCCCCCCCCCCC. The Hall–Kier alpha value is -2.63. The van der Waals surface area contributed by atoms with E-state index >= 15 is 0 Å². The van der Waals surface area contributed by atoms with Gasteiger partial charge in [-0.1, -0.05) is 211 Å². The Bertz CT molecular complexity index is 1070. The van der Waals surface area contributed by atoms with Crippen molar-refractivity contribution in [3.05, 3.63) is 48.6 Å². The summed E-state index contributed by atoms with van der Waals surface area (Å²) in [6.07, 6.45) is 59.5. The summed E-state index contributed by atoms with van der Waals surface area (Å²) in [7, 11) is 0. The molecule has 354 valence electrons. The first-order valence-corrected chi connectivity index (χ1v) is 26.1. The standard InChI is InChI=1S/C55H98O6/c1-4-7-10-13-16-19-22-24-26-27-28-30-31-33-36-39-42-45-48-54(57)60-51-52(50-59-53(56)47-44-41-38-35-21-18-15-12-9-6-3)61-55(58)49-46-43-40-37-34-32-29-25-23-20-17-14-11-8-5-2/h17,19-20,22,25-27,29,52H,4-16,18,21,23-24,28,30-51H2,1-3H3/b20-17-,22-19-,27-26-,29-25-. The minimum absolute atomic E-state index is 0.0796. The summed E-state index contributed by atoms with van der Waals surface area (Å²) < 4.78 is 16.8. The normalized spacial score (nSPS) is 12.4. The summed E-state index contributed by atoms with van der Waals surface area (Å²) in [5.41, 5.74) is 0. The van der Waals surface area contributed by atoms with Crippen molar-refractivity contribution in [2.75, 3.05) is 13.2 Å². The number of carbonyl (C=O) groups excluding carboxylic acids is 3. The van der Waals surface area contributed by atoms with Crippen molar-refractivity contribution in [3.8, 4) is 0 Å². The maximum absolute atomic E-state index is 12.8. The summed E-state index contributed by atoms with van der Waals surface area (Å²) in [6.45, 7) is 6.58. The van der Waals surface area contributed by atoms with Gasteiger partial charge in [0, 0.05) is 19.3 Å². The zero-order chi connectivity index (χ0) is 44.4. The smallest absolute Gasteiger partial charge is 0.306 e. The first-order chi connectivity index (χ1) is 30.0. The second-order valence-corrected chi connectivity index (χ2v) is 17.4. The number of allylic oxidation sites excluding steroid dienone is 8. The van der Waals surface area contributed by atoms with Gasteiger partial charge in [0.2, 0.25) is 0 Å². The highest BCUT2D eigenvalue weighted by atomic mass is 16.6. The van der Waals surface area contributed by atoms with E-state index in [2.05, 4.69) is 69.4 Å². The number of hydrogen-bond donors (Lipinski definition) is 0. The first kappa shape index (κ1) is 58.4. The maximum atomic E-state index is 12.8. The molecule has 0 aromatic heterocycles.